The summed E-state index contributed by atoms with van der Waals surface area (Å²) in [4.78, 5) is 26.9. The molecular weight excluding hydrogens is 429 g/mol. The fourth-order valence-corrected chi connectivity index (χ4v) is 3.41. The number of ether oxygens (including phenoxy) is 2. The van der Waals surface area contributed by atoms with E-state index in [2.05, 4.69) is 4.74 Å². The Labute approximate surface area is 185 Å². The molecule has 1 atom stereocenters. The van der Waals surface area contributed by atoms with Crippen LogP contribution in [-0.4, -0.2) is 71.0 Å². The largest absolute Gasteiger partial charge is 0.478 e. The number of halogens is 3. The van der Waals surface area contributed by atoms with Crippen LogP contribution in [0.5, 0.6) is 5.75 Å². The predicted octanol–water partition coefficient (Wildman–Crippen LogP) is 4.01. The highest BCUT2D eigenvalue weighted by atomic mass is 19.4. The Hall–Kier alpha value is -2.49. The minimum absolute atomic E-state index is 0.236. The number of hydrogen-bond donors (Lipinski definition) is 1. The van der Waals surface area contributed by atoms with Gasteiger partial charge in [0.2, 0.25) is 0 Å². The van der Waals surface area contributed by atoms with Crippen molar-refractivity contribution in [3.8, 4) is 5.75 Å². The number of amides is 1. The predicted molar refractivity (Wildman–Crippen MR) is 110 cm³/mol. The Kier molecular flexibility index (Phi) is 6.92. The zero-order valence-corrected chi connectivity index (χ0v) is 18.4. The first-order chi connectivity index (χ1) is 14.9. The van der Waals surface area contributed by atoms with Crippen molar-refractivity contribution < 1.29 is 37.3 Å². The standard InChI is InChI=1S/C22H29F3N2O5/c1-14(22(23,24)25)31-20(30)27-10-8-26(9-11-27)13-17-7-6-16(15-4-5-15)12-18(17)32-21(2,3)19(28)29/h6-7,12,14-15H,4-5,8-11,13H2,1-3H3,(H,28,29). The molecule has 3 rings (SSSR count). The van der Waals surface area contributed by atoms with E-state index in [-0.39, 0.29) is 13.1 Å². The van der Waals surface area contributed by atoms with Gasteiger partial charge in [-0.25, -0.2) is 9.59 Å². The van der Waals surface area contributed by atoms with E-state index in [1.54, 1.807) is 0 Å². The molecule has 0 radical (unpaired) electrons. The molecule has 10 heteroatoms. The molecule has 32 heavy (non-hydrogen) atoms. The maximum Gasteiger partial charge on any atom is 0.425 e. The lowest BCUT2D eigenvalue weighted by Gasteiger charge is -2.35. The summed E-state index contributed by atoms with van der Waals surface area (Å²) in [7, 11) is 0. The highest BCUT2D eigenvalue weighted by Gasteiger charge is 2.40. The average Bonchev–Trinajstić information content (AvgIpc) is 3.54. The van der Waals surface area contributed by atoms with Gasteiger partial charge in [-0.1, -0.05) is 12.1 Å². The van der Waals surface area contributed by atoms with E-state index in [1.165, 1.54) is 18.7 Å². The van der Waals surface area contributed by atoms with E-state index in [9.17, 15) is 27.9 Å². The van der Waals surface area contributed by atoms with Crippen LogP contribution in [0.2, 0.25) is 0 Å². The van der Waals surface area contributed by atoms with Crippen molar-refractivity contribution in [3.63, 3.8) is 0 Å². The number of rotatable bonds is 7. The third-order valence-electron chi connectivity index (χ3n) is 5.78. The van der Waals surface area contributed by atoms with Crippen molar-refractivity contribution in [2.75, 3.05) is 26.2 Å². The van der Waals surface area contributed by atoms with E-state index < -0.39 is 29.9 Å². The fourth-order valence-electron chi connectivity index (χ4n) is 3.41. The summed E-state index contributed by atoms with van der Waals surface area (Å²) in [6.45, 7) is 5.63. The SMILES string of the molecule is CC(OC(=O)N1CCN(Cc2ccc(C3CC3)cc2OC(C)(C)C(=O)O)CC1)C(F)(F)F. The lowest BCUT2D eigenvalue weighted by Crippen LogP contribution is -2.49. The first-order valence-electron chi connectivity index (χ1n) is 10.7. The van der Waals surface area contributed by atoms with Gasteiger partial charge in [-0.2, -0.15) is 13.2 Å². The Morgan fingerprint density at radius 1 is 1.16 bits per heavy atom. The molecule has 0 spiro atoms. The van der Waals surface area contributed by atoms with Crippen LogP contribution in [0.4, 0.5) is 18.0 Å². The lowest BCUT2D eigenvalue weighted by molar-refractivity contribution is -0.200. The molecule has 1 unspecified atom stereocenters. The van der Waals surface area contributed by atoms with Crippen LogP contribution in [0.25, 0.3) is 0 Å². The average molecular weight is 458 g/mol. The first kappa shape index (κ1) is 24.2. The number of hydrogen-bond acceptors (Lipinski definition) is 5. The smallest absolute Gasteiger partial charge is 0.425 e. The quantitative estimate of drug-likeness (QED) is 0.665. The number of nitrogens with zero attached hydrogens (tertiary/aromatic N) is 2. The molecule has 7 nitrogen and oxygen atoms in total. The normalized spacial score (nSPS) is 18.9. The van der Waals surface area contributed by atoms with Crippen LogP contribution >= 0.6 is 0 Å². The Bertz CT molecular complexity index is 846. The van der Waals surface area contributed by atoms with Crippen molar-refractivity contribution in [1.29, 1.82) is 0 Å². The maximum atomic E-state index is 12.6. The van der Waals surface area contributed by atoms with Gasteiger partial charge in [-0.15, -0.1) is 0 Å². The van der Waals surface area contributed by atoms with Gasteiger partial charge in [0.05, 0.1) is 0 Å². The molecule has 1 aliphatic heterocycles. The van der Waals surface area contributed by atoms with E-state index in [4.69, 9.17) is 4.74 Å². The van der Waals surface area contributed by atoms with E-state index in [1.807, 2.05) is 23.1 Å². The molecule has 1 aromatic carbocycles. The number of carbonyl (C=O) groups excluding carboxylic acids is 1. The number of carboxylic acid groups (broad SMARTS) is 1. The van der Waals surface area contributed by atoms with Gasteiger partial charge in [0.25, 0.3) is 0 Å². The highest BCUT2D eigenvalue weighted by molar-refractivity contribution is 5.76. The van der Waals surface area contributed by atoms with Crippen molar-refractivity contribution in [3.05, 3.63) is 29.3 Å². The van der Waals surface area contributed by atoms with Gasteiger partial charge < -0.3 is 19.5 Å². The van der Waals surface area contributed by atoms with Crippen LogP contribution in [0.1, 0.15) is 50.7 Å². The maximum absolute atomic E-state index is 12.6. The summed E-state index contributed by atoms with van der Waals surface area (Å²) in [5.41, 5.74) is 0.552. The fraction of sp³-hybridized carbons (Fsp3) is 0.636. The number of carbonyl (C=O) groups is 2. The van der Waals surface area contributed by atoms with Gasteiger partial charge in [0, 0.05) is 38.3 Å². The van der Waals surface area contributed by atoms with E-state index in [0.717, 1.165) is 30.9 Å². The van der Waals surface area contributed by atoms with Gasteiger partial charge in [0.15, 0.2) is 11.7 Å². The molecule has 2 fully saturated rings. The molecule has 1 N–H and O–H groups in total. The topological polar surface area (TPSA) is 79.3 Å². The van der Waals surface area contributed by atoms with Crippen molar-refractivity contribution >= 4 is 12.1 Å². The molecule has 2 aliphatic rings. The molecule has 1 aromatic rings. The zero-order chi connectivity index (χ0) is 23.7. The van der Waals surface area contributed by atoms with Crippen molar-refractivity contribution in [2.24, 2.45) is 0 Å². The number of piperazine rings is 1. The molecule has 0 aromatic heterocycles. The van der Waals surface area contributed by atoms with Crippen molar-refractivity contribution in [2.45, 2.75) is 64.0 Å². The molecular formula is C22H29F3N2O5. The third kappa shape index (κ3) is 6.05. The molecule has 1 aliphatic carbocycles. The van der Waals surface area contributed by atoms with Crippen LogP contribution < -0.4 is 4.74 Å². The van der Waals surface area contributed by atoms with Crippen molar-refractivity contribution in [1.82, 2.24) is 9.80 Å². The summed E-state index contributed by atoms with van der Waals surface area (Å²) in [6.07, 6.45) is -5.52. The second-order valence-corrected chi connectivity index (χ2v) is 8.89. The number of alkyl halides is 3. The molecule has 1 heterocycles. The minimum Gasteiger partial charge on any atom is -0.478 e. The Morgan fingerprint density at radius 3 is 2.31 bits per heavy atom. The van der Waals surface area contributed by atoms with Crippen LogP contribution in [0.15, 0.2) is 18.2 Å². The van der Waals surface area contributed by atoms with Gasteiger partial charge >= 0.3 is 18.2 Å². The third-order valence-corrected chi connectivity index (χ3v) is 5.78. The van der Waals surface area contributed by atoms with Gasteiger partial charge in [0.1, 0.15) is 5.75 Å². The van der Waals surface area contributed by atoms with Crippen LogP contribution in [0.3, 0.4) is 0 Å². The summed E-state index contributed by atoms with van der Waals surface area (Å²) in [5, 5.41) is 9.44. The van der Waals surface area contributed by atoms with Gasteiger partial charge in [-0.3, -0.25) is 4.90 Å². The first-order valence-corrected chi connectivity index (χ1v) is 10.7. The second kappa shape index (κ2) is 9.17. The van der Waals surface area contributed by atoms with Crippen LogP contribution in [0, 0.1) is 0 Å². The molecule has 1 saturated carbocycles. The van der Waals surface area contributed by atoms with E-state index >= 15 is 0 Å². The highest BCUT2D eigenvalue weighted by Crippen LogP contribution is 2.42. The minimum atomic E-state index is -4.59. The number of benzene rings is 1. The molecule has 1 amide bonds. The molecule has 1 saturated heterocycles. The Morgan fingerprint density at radius 2 is 1.78 bits per heavy atom. The Balaban J connectivity index is 1.63. The number of carboxylic acids is 1. The summed E-state index contributed by atoms with van der Waals surface area (Å²) in [5.74, 6) is -0.0730. The second-order valence-electron chi connectivity index (χ2n) is 8.89. The van der Waals surface area contributed by atoms with Gasteiger partial charge in [-0.05, 0) is 51.2 Å². The zero-order valence-electron chi connectivity index (χ0n) is 18.4. The van der Waals surface area contributed by atoms with E-state index in [0.29, 0.717) is 31.3 Å². The van der Waals surface area contributed by atoms with Crippen LogP contribution in [-0.2, 0) is 16.1 Å². The summed E-state index contributed by atoms with van der Waals surface area (Å²) < 4.78 is 48.2. The summed E-state index contributed by atoms with van der Waals surface area (Å²) >= 11 is 0. The molecule has 178 valence electrons. The monoisotopic (exact) mass is 458 g/mol. The summed E-state index contributed by atoms with van der Waals surface area (Å²) in [6, 6.07) is 5.87. The molecule has 0 bridgehead atoms. The number of aliphatic carboxylic acids is 1. The lowest BCUT2D eigenvalue weighted by atomic mass is 10.0.